The molecule has 0 atom stereocenters. The van der Waals surface area contributed by atoms with Gasteiger partial charge in [0.2, 0.25) is 0 Å². The van der Waals surface area contributed by atoms with E-state index in [1.807, 2.05) is 12.1 Å². The van der Waals surface area contributed by atoms with Crippen molar-refractivity contribution in [3.8, 4) is 50.2 Å². The van der Waals surface area contributed by atoms with Crippen molar-refractivity contribution in [3.05, 3.63) is 243 Å². The largest absolute Gasteiger partial charge is 0.455 e. The number of para-hydroxylation sites is 5. The van der Waals surface area contributed by atoms with E-state index < -0.39 is 0 Å². The maximum Gasteiger partial charge on any atom is 0.143 e. The number of fused-ring (bicyclic) bond motifs is 6. The van der Waals surface area contributed by atoms with Crippen LogP contribution in [-0.4, -0.2) is 4.57 Å². The number of aromatic nitrogens is 1. The number of furan rings is 1. The third kappa shape index (κ3) is 6.29. The molecular formula is C60H40N2O. The molecule has 10 aromatic carbocycles. The van der Waals surface area contributed by atoms with E-state index in [-0.39, 0.29) is 0 Å². The maximum absolute atomic E-state index is 6.51. The first-order chi connectivity index (χ1) is 31.3. The van der Waals surface area contributed by atoms with Crippen molar-refractivity contribution in [2.75, 3.05) is 4.90 Å². The molecule has 0 aliphatic carbocycles. The van der Waals surface area contributed by atoms with E-state index in [1.165, 1.54) is 38.5 Å². The fourth-order valence-electron chi connectivity index (χ4n) is 9.51. The predicted molar refractivity (Wildman–Crippen MR) is 264 cm³/mol. The average Bonchev–Trinajstić information content (AvgIpc) is 3.91. The van der Waals surface area contributed by atoms with Crippen LogP contribution in [0.25, 0.3) is 93.9 Å². The number of benzene rings is 10. The van der Waals surface area contributed by atoms with E-state index in [1.54, 1.807) is 0 Å². The number of nitrogens with zero attached hydrogens (tertiary/aromatic N) is 2. The molecule has 0 N–H and O–H groups in total. The summed E-state index contributed by atoms with van der Waals surface area (Å²) in [4.78, 5) is 2.36. The van der Waals surface area contributed by atoms with Crippen LogP contribution in [-0.2, 0) is 0 Å². The summed E-state index contributed by atoms with van der Waals surface area (Å²) in [6.07, 6.45) is 0. The standard InChI is InChI=1S/C60H40N2O/c1-2-16-41(17-3-1)44-18-14-19-47(40-44)61(45-36-32-42(33-37-45)48-20-4-5-22-50(48)54-26-15-27-55-53-25-9-13-31-59(53)63-60(54)55)46-38-34-43(35-39-46)49-21-6-10-28-56(49)62-57-29-11-7-23-51(57)52-24-8-12-30-58(52)62/h1-40H. The zero-order chi connectivity index (χ0) is 41.7. The smallest absolute Gasteiger partial charge is 0.143 e. The molecule has 2 aromatic heterocycles. The molecule has 0 saturated carbocycles. The van der Waals surface area contributed by atoms with Crippen LogP contribution in [0, 0.1) is 0 Å². The van der Waals surface area contributed by atoms with Gasteiger partial charge in [0.25, 0.3) is 0 Å². The molecule has 12 rings (SSSR count). The highest BCUT2D eigenvalue weighted by Crippen LogP contribution is 2.43. The molecule has 12 aromatic rings. The fraction of sp³-hybridized carbons (Fsp3) is 0. The Morgan fingerprint density at radius 3 is 1.52 bits per heavy atom. The first-order valence-electron chi connectivity index (χ1n) is 21.5. The summed E-state index contributed by atoms with van der Waals surface area (Å²) in [5.41, 5.74) is 17.8. The van der Waals surface area contributed by atoms with E-state index in [9.17, 15) is 0 Å². The molecule has 296 valence electrons. The summed E-state index contributed by atoms with van der Waals surface area (Å²) in [5, 5.41) is 4.77. The van der Waals surface area contributed by atoms with Crippen molar-refractivity contribution in [1.29, 1.82) is 0 Å². The van der Waals surface area contributed by atoms with Crippen LogP contribution in [0.4, 0.5) is 17.1 Å². The highest BCUT2D eigenvalue weighted by molar-refractivity contribution is 6.11. The molecule has 0 bridgehead atoms. The molecule has 3 nitrogen and oxygen atoms in total. The van der Waals surface area contributed by atoms with E-state index in [4.69, 9.17) is 4.42 Å². The van der Waals surface area contributed by atoms with Gasteiger partial charge in [0.05, 0.1) is 16.7 Å². The SMILES string of the molecule is c1ccc(-c2cccc(N(c3ccc(-c4ccccc4-c4cccc5c4oc4ccccc45)cc3)c3ccc(-c4ccccc4-n4c5ccccc5c5ccccc54)cc3)c2)cc1. The minimum atomic E-state index is 0.901. The summed E-state index contributed by atoms with van der Waals surface area (Å²) < 4.78 is 8.92. The number of anilines is 3. The topological polar surface area (TPSA) is 21.3 Å². The zero-order valence-electron chi connectivity index (χ0n) is 34.4. The van der Waals surface area contributed by atoms with Gasteiger partial charge < -0.3 is 13.9 Å². The predicted octanol–water partition coefficient (Wildman–Crippen LogP) is 16.8. The van der Waals surface area contributed by atoms with Gasteiger partial charge in [-0.25, -0.2) is 0 Å². The highest BCUT2D eigenvalue weighted by atomic mass is 16.3. The molecule has 0 aliphatic rings. The molecule has 3 heteroatoms. The molecule has 0 saturated heterocycles. The lowest BCUT2D eigenvalue weighted by atomic mass is 9.93. The molecule has 63 heavy (non-hydrogen) atoms. The molecular weight excluding hydrogens is 765 g/mol. The second kappa shape index (κ2) is 15.3. The molecule has 0 aliphatic heterocycles. The first-order valence-corrected chi connectivity index (χ1v) is 21.5. The van der Waals surface area contributed by atoms with Crippen LogP contribution < -0.4 is 4.90 Å². The average molecular weight is 805 g/mol. The Balaban J connectivity index is 0.956. The molecule has 0 amide bonds. The lowest BCUT2D eigenvalue weighted by molar-refractivity contribution is 0.670. The van der Waals surface area contributed by atoms with Gasteiger partial charge in [-0.2, -0.15) is 0 Å². The molecule has 0 radical (unpaired) electrons. The van der Waals surface area contributed by atoms with Gasteiger partial charge in [-0.05, 0) is 94.0 Å². The minimum absolute atomic E-state index is 0.901. The van der Waals surface area contributed by atoms with Crippen LogP contribution in [0.5, 0.6) is 0 Å². The van der Waals surface area contributed by atoms with Gasteiger partial charge in [0, 0.05) is 49.7 Å². The third-order valence-corrected chi connectivity index (χ3v) is 12.4. The van der Waals surface area contributed by atoms with Gasteiger partial charge in [-0.3, -0.25) is 0 Å². The summed E-state index contributed by atoms with van der Waals surface area (Å²) in [6.45, 7) is 0. The first kappa shape index (κ1) is 36.5. The van der Waals surface area contributed by atoms with Gasteiger partial charge >= 0.3 is 0 Å². The monoisotopic (exact) mass is 804 g/mol. The quantitative estimate of drug-likeness (QED) is 0.153. The number of hydrogen-bond donors (Lipinski definition) is 0. The Morgan fingerprint density at radius 2 is 0.810 bits per heavy atom. The van der Waals surface area contributed by atoms with E-state index in [0.717, 1.165) is 72.5 Å². The summed E-state index contributed by atoms with van der Waals surface area (Å²) in [7, 11) is 0. The van der Waals surface area contributed by atoms with E-state index in [2.05, 4.69) is 240 Å². The minimum Gasteiger partial charge on any atom is -0.455 e. The number of rotatable bonds is 8. The Hall–Kier alpha value is -8.40. The Bertz CT molecular complexity index is 3560. The van der Waals surface area contributed by atoms with Crippen molar-refractivity contribution in [2.45, 2.75) is 0 Å². The van der Waals surface area contributed by atoms with Gasteiger partial charge in [0.15, 0.2) is 0 Å². The van der Waals surface area contributed by atoms with Crippen LogP contribution in [0.1, 0.15) is 0 Å². The van der Waals surface area contributed by atoms with Gasteiger partial charge in [0.1, 0.15) is 11.2 Å². The second-order valence-electron chi connectivity index (χ2n) is 16.1. The molecule has 0 fully saturated rings. The normalized spacial score (nSPS) is 11.5. The Labute approximate surface area is 366 Å². The summed E-state index contributed by atoms with van der Waals surface area (Å²) >= 11 is 0. The van der Waals surface area contributed by atoms with Crippen LogP contribution >= 0.6 is 0 Å². The fourth-order valence-corrected chi connectivity index (χ4v) is 9.51. The molecule has 0 unspecified atom stereocenters. The molecule has 0 spiro atoms. The van der Waals surface area contributed by atoms with Gasteiger partial charge in [-0.1, -0.05) is 182 Å². The number of hydrogen-bond acceptors (Lipinski definition) is 2. The van der Waals surface area contributed by atoms with Crippen LogP contribution in [0.2, 0.25) is 0 Å². The third-order valence-electron chi connectivity index (χ3n) is 12.4. The second-order valence-corrected chi connectivity index (χ2v) is 16.1. The van der Waals surface area contributed by atoms with Gasteiger partial charge in [-0.15, -0.1) is 0 Å². The van der Waals surface area contributed by atoms with Crippen molar-refractivity contribution in [3.63, 3.8) is 0 Å². The summed E-state index contributed by atoms with van der Waals surface area (Å²) in [6, 6.07) is 87.0. The lowest BCUT2D eigenvalue weighted by Gasteiger charge is -2.27. The zero-order valence-corrected chi connectivity index (χ0v) is 34.4. The Kier molecular flexibility index (Phi) is 8.83. The van der Waals surface area contributed by atoms with Crippen molar-refractivity contribution in [1.82, 2.24) is 4.57 Å². The maximum atomic E-state index is 6.51. The van der Waals surface area contributed by atoms with Crippen LogP contribution in [0.3, 0.4) is 0 Å². The van der Waals surface area contributed by atoms with Crippen molar-refractivity contribution in [2.24, 2.45) is 0 Å². The summed E-state index contributed by atoms with van der Waals surface area (Å²) in [5.74, 6) is 0. The van der Waals surface area contributed by atoms with E-state index in [0.29, 0.717) is 0 Å². The lowest BCUT2D eigenvalue weighted by Crippen LogP contribution is -2.10. The van der Waals surface area contributed by atoms with E-state index >= 15 is 0 Å². The van der Waals surface area contributed by atoms with Crippen molar-refractivity contribution >= 4 is 60.8 Å². The molecule has 2 heterocycles. The Morgan fingerprint density at radius 1 is 0.302 bits per heavy atom. The highest BCUT2D eigenvalue weighted by Gasteiger charge is 2.19. The van der Waals surface area contributed by atoms with Crippen molar-refractivity contribution < 1.29 is 4.42 Å². The van der Waals surface area contributed by atoms with Crippen LogP contribution in [0.15, 0.2) is 247 Å².